The van der Waals surface area contributed by atoms with E-state index in [1.54, 1.807) is 4.68 Å². The van der Waals surface area contributed by atoms with E-state index < -0.39 is 26.6 Å². The van der Waals surface area contributed by atoms with Gasteiger partial charge in [0.2, 0.25) is 5.88 Å². The molecule has 3 aromatic rings. The van der Waals surface area contributed by atoms with Crippen LogP contribution in [0.15, 0.2) is 35.6 Å². The molecular weight excluding hydrogens is 417 g/mol. The van der Waals surface area contributed by atoms with Gasteiger partial charge in [0, 0.05) is 25.4 Å². The number of hydrogen-bond donors (Lipinski definition) is 1. The number of piperidine rings is 1. The highest BCUT2D eigenvalue weighted by molar-refractivity contribution is 7.90. The number of hydrogen-bond acceptors (Lipinski definition) is 7. The highest BCUT2D eigenvalue weighted by Gasteiger charge is 2.26. The summed E-state index contributed by atoms with van der Waals surface area (Å²) in [5.74, 6) is -0.677. The van der Waals surface area contributed by atoms with Crippen molar-refractivity contribution in [1.29, 1.82) is 0 Å². The van der Waals surface area contributed by atoms with E-state index in [1.807, 2.05) is 0 Å². The zero-order valence-corrected chi connectivity index (χ0v) is 16.7. The first-order chi connectivity index (χ1) is 14.2. The van der Waals surface area contributed by atoms with Crippen LogP contribution in [0.25, 0.3) is 11.0 Å². The van der Waals surface area contributed by atoms with Crippen LogP contribution < -0.4 is 4.74 Å². The van der Waals surface area contributed by atoms with Crippen LogP contribution in [0.5, 0.6) is 11.6 Å². The maximum atomic E-state index is 14.1. The summed E-state index contributed by atoms with van der Waals surface area (Å²) in [7, 11) is -3.69. The number of carbonyl (C=O) groups is 1. The maximum absolute atomic E-state index is 14.1. The van der Waals surface area contributed by atoms with Crippen LogP contribution in [0.4, 0.5) is 9.18 Å². The molecule has 1 N–H and O–H groups in total. The minimum absolute atomic E-state index is 0.0210. The first kappa shape index (κ1) is 20.0. The van der Waals surface area contributed by atoms with Gasteiger partial charge in [-0.05, 0) is 25.0 Å². The summed E-state index contributed by atoms with van der Waals surface area (Å²) in [5.41, 5.74) is 0.516. The van der Waals surface area contributed by atoms with Crippen molar-refractivity contribution < 1.29 is 27.4 Å². The predicted octanol–water partition coefficient (Wildman–Crippen LogP) is 2.48. The van der Waals surface area contributed by atoms with Crippen LogP contribution in [0.3, 0.4) is 0 Å². The second kappa shape index (κ2) is 7.52. The SMILES string of the molecule is CS(=O)(=O)c1ccc(Oc2ncnc3c2cnn3C2CCN(C(=O)O)CC2)cc1F. The summed E-state index contributed by atoms with van der Waals surface area (Å²) in [6.07, 6.45) is 4.02. The second-order valence-corrected chi connectivity index (χ2v) is 8.96. The summed E-state index contributed by atoms with van der Waals surface area (Å²) in [6.45, 7) is 0.809. The lowest BCUT2D eigenvalue weighted by molar-refractivity contribution is 0.124. The molecule has 0 spiro atoms. The minimum atomic E-state index is -3.69. The topological polar surface area (TPSA) is 128 Å². The number of halogens is 1. The average molecular weight is 435 g/mol. The summed E-state index contributed by atoms with van der Waals surface area (Å²) in [6, 6.07) is 3.45. The van der Waals surface area contributed by atoms with E-state index >= 15 is 0 Å². The molecule has 0 bridgehead atoms. The maximum Gasteiger partial charge on any atom is 0.407 e. The molecule has 0 radical (unpaired) electrons. The standard InChI is InChI=1S/C18H18FN5O5S/c1-30(27,28)15-3-2-12(8-14(15)19)29-17-13-9-22-24(16(13)20-10-21-17)11-4-6-23(7-5-11)18(25)26/h2-3,8-11H,4-7H2,1H3,(H,25,26). The molecule has 158 valence electrons. The molecule has 1 amide bonds. The average Bonchev–Trinajstić information content (AvgIpc) is 3.12. The Morgan fingerprint density at radius 3 is 2.63 bits per heavy atom. The van der Waals surface area contributed by atoms with E-state index in [0.717, 1.165) is 18.4 Å². The minimum Gasteiger partial charge on any atom is -0.465 e. The van der Waals surface area contributed by atoms with Gasteiger partial charge in [0.25, 0.3) is 0 Å². The van der Waals surface area contributed by atoms with Gasteiger partial charge in [-0.3, -0.25) is 0 Å². The van der Waals surface area contributed by atoms with E-state index in [4.69, 9.17) is 9.84 Å². The number of sulfone groups is 1. The number of ether oxygens (including phenoxy) is 1. The molecule has 30 heavy (non-hydrogen) atoms. The van der Waals surface area contributed by atoms with Crippen molar-refractivity contribution in [2.75, 3.05) is 19.3 Å². The van der Waals surface area contributed by atoms with Gasteiger partial charge in [0.15, 0.2) is 15.5 Å². The van der Waals surface area contributed by atoms with Crippen LogP contribution in [-0.2, 0) is 9.84 Å². The number of carboxylic acid groups (broad SMARTS) is 1. The number of amides is 1. The molecule has 3 heterocycles. The van der Waals surface area contributed by atoms with Gasteiger partial charge in [0.1, 0.15) is 28.2 Å². The third-order valence-corrected chi connectivity index (χ3v) is 6.08. The number of rotatable bonds is 4. The molecule has 1 aliphatic heterocycles. The van der Waals surface area contributed by atoms with Crippen molar-refractivity contribution in [3.05, 3.63) is 36.5 Å². The summed E-state index contributed by atoms with van der Waals surface area (Å²) in [4.78, 5) is 20.4. The molecule has 2 aromatic heterocycles. The Labute approximate surface area is 170 Å². The Balaban J connectivity index is 1.60. The number of nitrogens with zero attached hydrogens (tertiary/aromatic N) is 5. The van der Waals surface area contributed by atoms with E-state index in [1.165, 1.54) is 23.5 Å². The second-order valence-electron chi connectivity index (χ2n) is 6.97. The molecule has 0 atom stereocenters. The quantitative estimate of drug-likeness (QED) is 0.662. The van der Waals surface area contributed by atoms with Crippen LogP contribution in [0.1, 0.15) is 18.9 Å². The lowest BCUT2D eigenvalue weighted by Crippen LogP contribution is -2.38. The predicted molar refractivity (Wildman–Crippen MR) is 103 cm³/mol. The first-order valence-electron chi connectivity index (χ1n) is 9.07. The molecule has 4 rings (SSSR count). The van der Waals surface area contributed by atoms with Crippen LogP contribution >= 0.6 is 0 Å². The van der Waals surface area contributed by atoms with Crippen molar-refractivity contribution in [3.8, 4) is 11.6 Å². The van der Waals surface area contributed by atoms with E-state index in [9.17, 15) is 17.6 Å². The van der Waals surface area contributed by atoms with Crippen molar-refractivity contribution >= 4 is 27.0 Å². The van der Waals surface area contributed by atoms with E-state index in [0.29, 0.717) is 37.0 Å². The number of benzene rings is 1. The van der Waals surface area contributed by atoms with Crippen molar-refractivity contribution in [2.24, 2.45) is 0 Å². The lowest BCUT2D eigenvalue weighted by Gasteiger charge is -2.30. The highest BCUT2D eigenvalue weighted by atomic mass is 32.2. The number of likely N-dealkylation sites (tertiary alicyclic amines) is 1. The van der Waals surface area contributed by atoms with Crippen molar-refractivity contribution in [1.82, 2.24) is 24.6 Å². The Bertz CT molecular complexity index is 1220. The van der Waals surface area contributed by atoms with Gasteiger partial charge in [-0.25, -0.2) is 32.3 Å². The fraction of sp³-hybridized carbons (Fsp3) is 0.333. The number of aromatic nitrogens is 4. The first-order valence-corrected chi connectivity index (χ1v) is 11.0. The summed E-state index contributed by atoms with van der Waals surface area (Å²) < 4.78 is 44.6. The monoisotopic (exact) mass is 435 g/mol. The Morgan fingerprint density at radius 1 is 1.27 bits per heavy atom. The molecule has 0 saturated carbocycles. The fourth-order valence-electron chi connectivity index (χ4n) is 3.45. The fourth-order valence-corrected chi connectivity index (χ4v) is 4.18. The van der Waals surface area contributed by atoms with Crippen molar-refractivity contribution in [3.63, 3.8) is 0 Å². The Morgan fingerprint density at radius 2 is 2.00 bits per heavy atom. The van der Waals surface area contributed by atoms with Gasteiger partial charge in [0.05, 0.1) is 12.2 Å². The molecule has 1 saturated heterocycles. The number of fused-ring (bicyclic) bond motifs is 1. The van der Waals surface area contributed by atoms with Crippen LogP contribution in [0, 0.1) is 5.82 Å². The summed E-state index contributed by atoms with van der Waals surface area (Å²) in [5, 5.41) is 14.0. The molecule has 0 unspecified atom stereocenters. The molecule has 1 fully saturated rings. The third kappa shape index (κ3) is 3.77. The highest BCUT2D eigenvalue weighted by Crippen LogP contribution is 2.31. The normalized spacial score (nSPS) is 15.5. The zero-order chi connectivity index (χ0) is 21.5. The Hall–Kier alpha value is -3.28. The molecule has 0 aliphatic carbocycles. The lowest BCUT2D eigenvalue weighted by atomic mass is 10.1. The van der Waals surface area contributed by atoms with Crippen LogP contribution in [0.2, 0.25) is 0 Å². The Kier molecular flexibility index (Phi) is 5.02. The van der Waals surface area contributed by atoms with Gasteiger partial charge in [-0.2, -0.15) is 5.10 Å². The molecular formula is C18H18FN5O5S. The molecule has 12 heteroatoms. The van der Waals surface area contributed by atoms with Gasteiger partial charge in [-0.15, -0.1) is 0 Å². The smallest absolute Gasteiger partial charge is 0.407 e. The van der Waals surface area contributed by atoms with Gasteiger partial charge in [-0.1, -0.05) is 0 Å². The van der Waals surface area contributed by atoms with E-state index in [2.05, 4.69) is 15.1 Å². The molecule has 1 aliphatic rings. The third-order valence-electron chi connectivity index (χ3n) is 4.95. The van der Waals surface area contributed by atoms with Gasteiger partial charge >= 0.3 is 6.09 Å². The van der Waals surface area contributed by atoms with Gasteiger partial charge < -0.3 is 14.7 Å². The van der Waals surface area contributed by atoms with Crippen molar-refractivity contribution in [2.45, 2.75) is 23.8 Å². The van der Waals surface area contributed by atoms with Crippen LogP contribution in [-0.4, -0.2) is 63.6 Å². The molecule has 1 aromatic carbocycles. The van der Waals surface area contributed by atoms with E-state index in [-0.39, 0.29) is 17.7 Å². The summed E-state index contributed by atoms with van der Waals surface area (Å²) >= 11 is 0. The largest absolute Gasteiger partial charge is 0.465 e. The molecule has 10 nitrogen and oxygen atoms in total. The zero-order valence-electron chi connectivity index (χ0n) is 15.9.